The highest BCUT2D eigenvalue weighted by atomic mass is 32.2. The van der Waals surface area contributed by atoms with E-state index in [1.54, 1.807) is 0 Å². The highest BCUT2D eigenvalue weighted by Crippen LogP contribution is 2.18. The topological polar surface area (TPSA) is 92.5 Å². The summed E-state index contributed by atoms with van der Waals surface area (Å²) >= 11 is 0. The summed E-state index contributed by atoms with van der Waals surface area (Å²) in [5.41, 5.74) is 7.62. The predicted molar refractivity (Wildman–Crippen MR) is 93.5 cm³/mol. The third-order valence-corrected chi connectivity index (χ3v) is 6.48. The molecule has 0 aromatic heterocycles. The van der Waals surface area contributed by atoms with Crippen LogP contribution < -0.4 is 11.1 Å². The van der Waals surface area contributed by atoms with Crippen molar-refractivity contribution >= 4 is 15.7 Å². The number of hydrogen-bond donors (Lipinski definition) is 2. The Hall–Kier alpha value is -1.44. The standard InChI is InChI=1S/C17H25N3O3S/c18-15-5-6-16(11-15)19-17(21)14-3-1-13(2-4-14)12-20-7-9-24(22,23)10-8-20/h1-4,15-16H,5-12,18H2,(H,19,21)/t15-,16-/m0/s1. The van der Waals surface area contributed by atoms with E-state index >= 15 is 0 Å². The molecule has 1 aromatic rings. The molecule has 1 saturated heterocycles. The summed E-state index contributed by atoms with van der Waals surface area (Å²) in [5, 5.41) is 3.04. The van der Waals surface area contributed by atoms with Crippen molar-refractivity contribution in [3.63, 3.8) is 0 Å². The first-order valence-corrected chi connectivity index (χ1v) is 10.3. The molecule has 1 aromatic carbocycles. The van der Waals surface area contributed by atoms with Gasteiger partial charge in [0, 0.05) is 37.3 Å². The maximum absolute atomic E-state index is 12.3. The molecule has 24 heavy (non-hydrogen) atoms. The Bertz CT molecular complexity index is 674. The van der Waals surface area contributed by atoms with Gasteiger partial charge in [0.25, 0.3) is 5.91 Å². The Morgan fingerprint density at radius 2 is 1.83 bits per heavy atom. The molecule has 2 aliphatic rings. The van der Waals surface area contributed by atoms with E-state index in [4.69, 9.17) is 5.73 Å². The van der Waals surface area contributed by atoms with Gasteiger partial charge in [-0.2, -0.15) is 0 Å². The molecule has 1 saturated carbocycles. The largest absolute Gasteiger partial charge is 0.349 e. The van der Waals surface area contributed by atoms with Crippen molar-refractivity contribution in [3.05, 3.63) is 35.4 Å². The normalized spacial score (nSPS) is 27.0. The first-order valence-electron chi connectivity index (χ1n) is 8.49. The van der Waals surface area contributed by atoms with E-state index in [0.717, 1.165) is 31.4 Å². The van der Waals surface area contributed by atoms with Gasteiger partial charge in [-0.05, 0) is 37.0 Å². The number of benzene rings is 1. The molecule has 2 fully saturated rings. The average Bonchev–Trinajstić information content (AvgIpc) is 2.95. The lowest BCUT2D eigenvalue weighted by atomic mass is 10.1. The molecule has 3 N–H and O–H groups in total. The van der Waals surface area contributed by atoms with Crippen LogP contribution in [-0.4, -0.2) is 55.9 Å². The lowest BCUT2D eigenvalue weighted by molar-refractivity contribution is 0.0937. The van der Waals surface area contributed by atoms with Crippen LogP contribution in [0.25, 0.3) is 0 Å². The number of amides is 1. The number of sulfone groups is 1. The quantitative estimate of drug-likeness (QED) is 0.825. The maximum Gasteiger partial charge on any atom is 0.251 e. The van der Waals surface area contributed by atoms with Gasteiger partial charge in [-0.3, -0.25) is 9.69 Å². The van der Waals surface area contributed by atoms with Gasteiger partial charge in [-0.25, -0.2) is 8.42 Å². The fourth-order valence-electron chi connectivity index (χ4n) is 3.34. The van der Waals surface area contributed by atoms with Gasteiger partial charge in [-0.1, -0.05) is 12.1 Å². The maximum atomic E-state index is 12.3. The summed E-state index contributed by atoms with van der Waals surface area (Å²) in [6.45, 7) is 1.87. The Kier molecular flexibility index (Phi) is 5.22. The number of carbonyl (C=O) groups excluding carboxylic acids is 1. The van der Waals surface area contributed by atoms with Crippen molar-refractivity contribution < 1.29 is 13.2 Å². The molecule has 0 spiro atoms. The van der Waals surface area contributed by atoms with Crippen molar-refractivity contribution in [1.82, 2.24) is 10.2 Å². The number of nitrogens with two attached hydrogens (primary N) is 1. The second-order valence-corrected chi connectivity index (χ2v) is 9.17. The van der Waals surface area contributed by atoms with Crippen LogP contribution >= 0.6 is 0 Å². The number of nitrogens with zero attached hydrogens (tertiary/aromatic N) is 1. The van der Waals surface area contributed by atoms with Crippen LogP contribution in [0.15, 0.2) is 24.3 Å². The van der Waals surface area contributed by atoms with E-state index in [-0.39, 0.29) is 29.5 Å². The Morgan fingerprint density at radius 3 is 2.42 bits per heavy atom. The summed E-state index contributed by atoms with van der Waals surface area (Å²) in [5.74, 6) is 0.415. The zero-order valence-electron chi connectivity index (χ0n) is 13.8. The third-order valence-electron chi connectivity index (χ3n) is 4.87. The third kappa shape index (κ3) is 4.55. The van der Waals surface area contributed by atoms with E-state index < -0.39 is 9.84 Å². The molecule has 1 aliphatic carbocycles. The molecule has 132 valence electrons. The molecular formula is C17H25N3O3S. The molecule has 1 amide bonds. The van der Waals surface area contributed by atoms with E-state index in [9.17, 15) is 13.2 Å². The van der Waals surface area contributed by atoms with Gasteiger partial charge in [0.05, 0.1) is 11.5 Å². The second kappa shape index (κ2) is 7.21. The molecule has 1 heterocycles. The van der Waals surface area contributed by atoms with Crippen LogP contribution in [0.1, 0.15) is 35.2 Å². The zero-order valence-corrected chi connectivity index (χ0v) is 14.6. The summed E-state index contributed by atoms with van der Waals surface area (Å²) in [7, 11) is -2.84. The second-order valence-electron chi connectivity index (χ2n) is 6.87. The number of hydrogen-bond acceptors (Lipinski definition) is 5. The zero-order chi connectivity index (χ0) is 17.2. The first kappa shape index (κ1) is 17.4. The van der Waals surface area contributed by atoms with Crippen LogP contribution in [-0.2, 0) is 16.4 Å². The number of carbonyl (C=O) groups is 1. The molecule has 0 radical (unpaired) electrons. The molecular weight excluding hydrogens is 326 g/mol. The van der Waals surface area contributed by atoms with E-state index in [2.05, 4.69) is 10.2 Å². The highest BCUT2D eigenvalue weighted by Gasteiger charge is 2.24. The summed E-state index contributed by atoms with van der Waals surface area (Å²) in [4.78, 5) is 14.4. The van der Waals surface area contributed by atoms with Gasteiger partial charge in [-0.15, -0.1) is 0 Å². The molecule has 1 aliphatic heterocycles. The molecule has 3 rings (SSSR count). The van der Waals surface area contributed by atoms with Crippen molar-refractivity contribution in [2.24, 2.45) is 5.73 Å². The fraction of sp³-hybridized carbons (Fsp3) is 0.588. The van der Waals surface area contributed by atoms with Crippen LogP contribution in [0.5, 0.6) is 0 Å². The predicted octanol–water partition coefficient (Wildman–Crippen LogP) is 0.527. The number of nitrogens with one attached hydrogen (secondary N) is 1. The fourth-order valence-corrected chi connectivity index (χ4v) is 4.62. The van der Waals surface area contributed by atoms with Crippen LogP contribution in [0.2, 0.25) is 0 Å². The number of rotatable bonds is 4. The minimum Gasteiger partial charge on any atom is -0.349 e. The first-order chi connectivity index (χ1) is 11.4. The monoisotopic (exact) mass is 351 g/mol. The minimum absolute atomic E-state index is 0.0512. The van der Waals surface area contributed by atoms with Crippen LogP contribution in [0.3, 0.4) is 0 Å². The summed E-state index contributed by atoms with van der Waals surface area (Å²) < 4.78 is 22.9. The Morgan fingerprint density at radius 1 is 1.17 bits per heavy atom. The molecule has 6 nitrogen and oxygen atoms in total. The Labute approximate surface area is 143 Å². The summed E-state index contributed by atoms with van der Waals surface area (Å²) in [6.07, 6.45) is 2.76. The van der Waals surface area contributed by atoms with Crippen molar-refractivity contribution in [3.8, 4) is 0 Å². The van der Waals surface area contributed by atoms with Crippen LogP contribution in [0, 0.1) is 0 Å². The summed E-state index contributed by atoms with van der Waals surface area (Å²) in [6, 6.07) is 7.94. The van der Waals surface area contributed by atoms with Crippen molar-refractivity contribution in [1.29, 1.82) is 0 Å². The lowest BCUT2D eigenvalue weighted by Gasteiger charge is -2.26. The minimum atomic E-state index is -2.84. The van der Waals surface area contributed by atoms with Crippen molar-refractivity contribution in [2.45, 2.75) is 37.9 Å². The molecule has 2 atom stereocenters. The van der Waals surface area contributed by atoms with Gasteiger partial charge in [0.2, 0.25) is 0 Å². The smallest absolute Gasteiger partial charge is 0.251 e. The average molecular weight is 351 g/mol. The molecule has 0 unspecified atom stereocenters. The van der Waals surface area contributed by atoms with Gasteiger partial charge in [0.1, 0.15) is 0 Å². The molecule has 0 bridgehead atoms. The van der Waals surface area contributed by atoms with E-state index in [0.29, 0.717) is 18.7 Å². The molecule has 7 heteroatoms. The van der Waals surface area contributed by atoms with E-state index in [1.165, 1.54) is 0 Å². The van der Waals surface area contributed by atoms with Gasteiger partial charge < -0.3 is 11.1 Å². The van der Waals surface area contributed by atoms with Crippen molar-refractivity contribution in [2.75, 3.05) is 24.6 Å². The Balaban J connectivity index is 1.52. The van der Waals surface area contributed by atoms with E-state index in [1.807, 2.05) is 24.3 Å². The lowest BCUT2D eigenvalue weighted by Crippen LogP contribution is -2.39. The SMILES string of the molecule is N[C@H]1CC[C@H](NC(=O)c2ccc(CN3CCS(=O)(=O)CC3)cc2)C1. The van der Waals surface area contributed by atoms with Gasteiger partial charge >= 0.3 is 0 Å². The highest BCUT2D eigenvalue weighted by molar-refractivity contribution is 7.91. The van der Waals surface area contributed by atoms with Crippen LogP contribution in [0.4, 0.5) is 0 Å². The van der Waals surface area contributed by atoms with Gasteiger partial charge in [0.15, 0.2) is 9.84 Å².